The number of aromatic nitrogens is 4. The Morgan fingerprint density at radius 2 is 2.15 bits per heavy atom. The Morgan fingerprint density at radius 1 is 1.30 bits per heavy atom. The molecular weight excluding hydrogens is 276 g/mol. The van der Waals surface area contributed by atoms with E-state index in [0.29, 0.717) is 16.6 Å². The van der Waals surface area contributed by atoms with Crippen molar-refractivity contribution in [3.8, 4) is 5.75 Å². The first-order chi connectivity index (χ1) is 9.63. The summed E-state index contributed by atoms with van der Waals surface area (Å²) in [6.45, 7) is 2.28. The third kappa shape index (κ3) is 2.44. The molecule has 0 aliphatic rings. The molecule has 1 aromatic carbocycles. The van der Waals surface area contributed by atoms with Crippen molar-refractivity contribution in [3.63, 3.8) is 0 Å². The van der Waals surface area contributed by atoms with Gasteiger partial charge in [-0.3, -0.25) is 4.68 Å². The van der Waals surface area contributed by atoms with Gasteiger partial charge in [0.05, 0.1) is 11.6 Å². The quantitative estimate of drug-likeness (QED) is 0.695. The average Bonchev–Trinajstić information content (AvgIpc) is 2.79. The van der Waals surface area contributed by atoms with Crippen molar-refractivity contribution in [2.24, 2.45) is 7.05 Å². The van der Waals surface area contributed by atoms with Gasteiger partial charge in [0.25, 0.3) is 0 Å². The van der Waals surface area contributed by atoms with Crippen LogP contribution in [-0.2, 0) is 13.7 Å². The van der Waals surface area contributed by atoms with Crippen LogP contribution in [0.5, 0.6) is 5.75 Å². The Hall–Kier alpha value is -2.14. The summed E-state index contributed by atoms with van der Waals surface area (Å²) >= 11 is 6.12. The summed E-state index contributed by atoms with van der Waals surface area (Å²) in [6.07, 6.45) is 1.66. The van der Waals surface area contributed by atoms with Crippen LogP contribution in [0.15, 0.2) is 30.5 Å². The van der Waals surface area contributed by atoms with Crippen LogP contribution in [0, 0.1) is 6.92 Å². The van der Waals surface area contributed by atoms with Gasteiger partial charge in [0.15, 0.2) is 11.5 Å². The first-order valence-electron chi connectivity index (χ1n) is 6.17. The second kappa shape index (κ2) is 5.09. The molecule has 0 fully saturated rings. The number of benzene rings is 1. The van der Waals surface area contributed by atoms with Gasteiger partial charge in [-0.1, -0.05) is 23.7 Å². The molecule has 3 rings (SSSR count). The van der Waals surface area contributed by atoms with E-state index in [9.17, 15) is 0 Å². The summed E-state index contributed by atoms with van der Waals surface area (Å²) in [5.41, 5.74) is 1.84. The van der Waals surface area contributed by atoms with Gasteiger partial charge in [-0.25, -0.2) is 9.97 Å². The maximum Gasteiger partial charge on any atom is 0.170 e. The lowest BCUT2D eigenvalue weighted by atomic mass is 10.2. The molecule has 0 aliphatic heterocycles. The van der Waals surface area contributed by atoms with E-state index < -0.39 is 0 Å². The minimum absolute atomic E-state index is 0.268. The zero-order valence-corrected chi connectivity index (χ0v) is 11.9. The largest absolute Gasteiger partial charge is 0.486 e. The number of fused-ring (bicyclic) bond motifs is 1. The number of aryl methyl sites for hydroxylation is 2. The number of halogens is 1. The molecule has 2 heterocycles. The molecule has 0 saturated heterocycles. The molecular formula is C14H13ClN4O. The minimum atomic E-state index is 0.268. The number of rotatable bonds is 3. The molecule has 0 saturated carbocycles. The van der Waals surface area contributed by atoms with Gasteiger partial charge in [-0.05, 0) is 24.6 Å². The van der Waals surface area contributed by atoms with Crippen LogP contribution in [0.3, 0.4) is 0 Å². The van der Waals surface area contributed by atoms with E-state index in [1.165, 1.54) is 0 Å². The molecule has 0 atom stereocenters. The van der Waals surface area contributed by atoms with Crippen LogP contribution in [0.4, 0.5) is 0 Å². The van der Waals surface area contributed by atoms with Crippen molar-refractivity contribution in [2.75, 3.05) is 0 Å². The van der Waals surface area contributed by atoms with Crippen molar-refractivity contribution >= 4 is 22.6 Å². The Labute approximate surface area is 121 Å². The summed E-state index contributed by atoms with van der Waals surface area (Å²) in [7, 11) is 1.82. The van der Waals surface area contributed by atoms with Crippen LogP contribution in [-0.4, -0.2) is 19.7 Å². The van der Waals surface area contributed by atoms with Crippen molar-refractivity contribution in [2.45, 2.75) is 13.5 Å². The normalized spacial score (nSPS) is 10.9. The second-order valence-corrected chi connectivity index (χ2v) is 4.90. The third-order valence-electron chi connectivity index (χ3n) is 2.95. The van der Waals surface area contributed by atoms with Gasteiger partial charge < -0.3 is 4.74 Å². The maximum atomic E-state index is 6.12. The number of ether oxygens (including phenoxy) is 1. The minimum Gasteiger partial charge on any atom is -0.486 e. The predicted octanol–water partition coefficient (Wildman–Crippen LogP) is 2.90. The monoisotopic (exact) mass is 288 g/mol. The maximum absolute atomic E-state index is 6.12. The van der Waals surface area contributed by atoms with Gasteiger partial charge in [-0.2, -0.15) is 5.10 Å². The van der Waals surface area contributed by atoms with Gasteiger partial charge in [-0.15, -0.1) is 0 Å². The number of nitrogens with zero attached hydrogens (tertiary/aromatic N) is 4. The van der Waals surface area contributed by atoms with Crippen molar-refractivity contribution in [1.82, 2.24) is 19.7 Å². The van der Waals surface area contributed by atoms with Crippen LogP contribution < -0.4 is 4.74 Å². The average molecular weight is 289 g/mol. The van der Waals surface area contributed by atoms with Crippen molar-refractivity contribution in [3.05, 3.63) is 47.0 Å². The fraction of sp³-hybridized carbons (Fsp3) is 0.214. The highest BCUT2D eigenvalue weighted by Gasteiger charge is 2.10. The van der Waals surface area contributed by atoms with E-state index in [1.54, 1.807) is 10.9 Å². The fourth-order valence-corrected chi connectivity index (χ4v) is 2.18. The molecule has 0 aliphatic carbocycles. The second-order valence-electron chi connectivity index (χ2n) is 4.54. The molecule has 2 aromatic heterocycles. The van der Waals surface area contributed by atoms with Crippen LogP contribution >= 0.6 is 11.6 Å². The van der Waals surface area contributed by atoms with Gasteiger partial charge >= 0.3 is 0 Å². The lowest BCUT2D eigenvalue weighted by Gasteiger charge is -2.06. The summed E-state index contributed by atoms with van der Waals surface area (Å²) < 4.78 is 7.35. The molecule has 0 N–H and O–H groups in total. The SMILES string of the molecule is Cc1cccc(OCc2nc(Cl)c3cnn(C)c3n2)c1. The molecule has 0 radical (unpaired) electrons. The third-order valence-corrected chi connectivity index (χ3v) is 3.24. The fourth-order valence-electron chi connectivity index (χ4n) is 1.95. The molecule has 0 bridgehead atoms. The zero-order valence-electron chi connectivity index (χ0n) is 11.2. The summed E-state index contributed by atoms with van der Waals surface area (Å²) in [5.74, 6) is 1.32. The topological polar surface area (TPSA) is 52.8 Å². The van der Waals surface area contributed by atoms with Gasteiger partial charge in [0.2, 0.25) is 0 Å². The molecule has 0 amide bonds. The molecule has 3 aromatic rings. The van der Waals surface area contributed by atoms with E-state index in [-0.39, 0.29) is 6.61 Å². The Balaban J connectivity index is 1.86. The summed E-state index contributed by atoms with van der Waals surface area (Å²) in [5, 5.41) is 5.25. The summed E-state index contributed by atoms with van der Waals surface area (Å²) in [4.78, 5) is 8.64. The number of hydrogen-bond acceptors (Lipinski definition) is 4. The lowest BCUT2D eigenvalue weighted by Crippen LogP contribution is -2.03. The lowest BCUT2D eigenvalue weighted by molar-refractivity contribution is 0.296. The Bertz CT molecular complexity index is 769. The van der Waals surface area contributed by atoms with E-state index in [1.807, 2.05) is 38.2 Å². The highest BCUT2D eigenvalue weighted by atomic mass is 35.5. The molecule has 20 heavy (non-hydrogen) atoms. The van der Waals surface area contributed by atoms with Crippen LogP contribution in [0.1, 0.15) is 11.4 Å². The van der Waals surface area contributed by atoms with E-state index in [2.05, 4.69) is 15.1 Å². The highest BCUT2D eigenvalue weighted by Crippen LogP contribution is 2.20. The zero-order chi connectivity index (χ0) is 14.1. The van der Waals surface area contributed by atoms with E-state index in [0.717, 1.165) is 16.7 Å². The molecule has 102 valence electrons. The van der Waals surface area contributed by atoms with Crippen LogP contribution in [0.25, 0.3) is 11.0 Å². The van der Waals surface area contributed by atoms with E-state index >= 15 is 0 Å². The Morgan fingerprint density at radius 3 is 2.95 bits per heavy atom. The first-order valence-corrected chi connectivity index (χ1v) is 6.55. The molecule has 0 spiro atoms. The van der Waals surface area contributed by atoms with Crippen molar-refractivity contribution in [1.29, 1.82) is 0 Å². The molecule has 6 heteroatoms. The molecule has 5 nitrogen and oxygen atoms in total. The first kappa shape index (κ1) is 12.9. The molecule has 0 unspecified atom stereocenters. The van der Waals surface area contributed by atoms with Gasteiger partial charge in [0.1, 0.15) is 17.5 Å². The highest BCUT2D eigenvalue weighted by molar-refractivity contribution is 6.33. The van der Waals surface area contributed by atoms with Crippen LogP contribution in [0.2, 0.25) is 5.15 Å². The van der Waals surface area contributed by atoms with E-state index in [4.69, 9.17) is 16.3 Å². The smallest absolute Gasteiger partial charge is 0.170 e. The Kier molecular flexibility index (Phi) is 3.28. The standard InChI is InChI=1S/C14H13ClN4O/c1-9-4-3-5-10(6-9)20-8-12-17-13(15)11-7-16-19(2)14(11)18-12/h3-7H,8H2,1-2H3. The predicted molar refractivity (Wildman–Crippen MR) is 76.8 cm³/mol. The summed E-state index contributed by atoms with van der Waals surface area (Å²) in [6, 6.07) is 7.83. The number of hydrogen-bond donors (Lipinski definition) is 0. The van der Waals surface area contributed by atoms with Crippen molar-refractivity contribution < 1.29 is 4.74 Å². The van der Waals surface area contributed by atoms with Gasteiger partial charge in [0, 0.05) is 7.05 Å².